The standard InChI is InChI=1S/C16H21ClFN3/c1-3-10-19-15(8-7-12-9-11-20-21(12)2)13-5-4-6-14(17)16(13)18/h4-6,9,11,15,19H,3,7-8,10H2,1-2H3. The SMILES string of the molecule is CCCNC(CCc1ccnn1C)c1cccc(Cl)c1F. The molecule has 1 N–H and O–H groups in total. The number of nitrogens with one attached hydrogen (secondary N) is 1. The summed E-state index contributed by atoms with van der Waals surface area (Å²) in [5.74, 6) is -0.322. The van der Waals surface area contributed by atoms with Crippen LogP contribution < -0.4 is 5.32 Å². The van der Waals surface area contributed by atoms with Gasteiger partial charge in [-0.05, 0) is 37.9 Å². The second-order valence-corrected chi connectivity index (χ2v) is 5.54. The smallest absolute Gasteiger partial charge is 0.146 e. The van der Waals surface area contributed by atoms with Crippen molar-refractivity contribution in [3.8, 4) is 0 Å². The Kier molecular flexibility index (Phi) is 5.76. The number of benzene rings is 1. The molecule has 0 saturated carbocycles. The Morgan fingerprint density at radius 2 is 2.19 bits per heavy atom. The number of rotatable bonds is 7. The van der Waals surface area contributed by atoms with Gasteiger partial charge in [-0.25, -0.2) is 4.39 Å². The Balaban J connectivity index is 2.14. The highest BCUT2D eigenvalue weighted by Crippen LogP contribution is 2.26. The Morgan fingerprint density at radius 3 is 2.86 bits per heavy atom. The zero-order valence-electron chi connectivity index (χ0n) is 12.4. The molecule has 1 aromatic heterocycles. The van der Waals surface area contributed by atoms with Gasteiger partial charge in [0.05, 0.1) is 5.02 Å². The molecule has 2 aromatic rings. The van der Waals surface area contributed by atoms with Crippen LogP contribution in [-0.2, 0) is 13.5 Å². The van der Waals surface area contributed by atoms with E-state index in [1.165, 1.54) is 0 Å². The minimum Gasteiger partial charge on any atom is -0.310 e. The lowest BCUT2D eigenvalue weighted by Gasteiger charge is -2.20. The van der Waals surface area contributed by atoms with Gasteiger partial charge in [-0.2, -0.15) is 5.10 Å². The van der Waals surface area contributed by atoms with Crippen LogP contribution in [0.3, 0.4) is 0 Å². The molecular formula is C16H21ClFN3. The fourth-order valence-corrected chi connectivity index (χ4v) is 2.60. The summed E-state index contributed by atoms with van der Waals surface area (Å²) < 4.78 is 16.1. The topological polar surface area (TPSA) is 29.9 Å². The van der Waals surface area contributed by atoms with Crippen molar-refractivity contribution in [2.75, 3.05) is 6.54 Å². The van der Waals surface area contributed by atoms with Gasteiger partial charge >= 0.3 is 0 Å². The number of aryl methyl sites for hydroxylation is 2. The van der Waals surface area contributed by atoms with Gasteiger partial charge in [-0.3, -0.25) is 4.68 Å². The first-order chi connectivity index (χ1) is 10.1. The van der Waals surface area contributed by atoms with Gasteiger partial charge in [0.1, 0.15) is 5.82 Å². The van der Waals surface area contributed by atoms with Crippen LogP contribution in [0.5, 0.6) is 0 Å². The predicted octanol–water partition coefficient (Wildman–Crippen LogP) is 3.89. The maximum Gasteiger partial charge on any atom is 0.146 e. The molecule has 3 nitrogen and oxygen atoms in total. The Morgan fingerprint density at radius 1 is 1.38 bits per heavy atom. The third kappa shape index (κ3) is 4.05. The van der Waals surface area contributed by atoms with E-state index in [2.05, 4.69) is 17.3 Å². The molecule has 1 aromatic carbocycles. The van der Waals surface area contributed by atoms with Crippen LogP contribution in [-0.4, -0.2) is 16.3 Å². The maximum absolute atomic E-state index is 14.2. The highest BCUT2D eigenvalue weighted by atomic mass is 35.5. The van der Waals surface area contributed by atoms with Crippen LogP contribution in [0.2, 0.25) is 5.02 Å². The van der Waals surface area contributed by atoms with Crippen LogP contribution in [0.1, 0.15) is 37.1 Å². The highest BCUT2D eigenvalue weighted by Gasteiger charge is 2.17. The van der Waals surface area contributed by atoms with Crippen molar-refractivity contribution in [2.24, 2.45) is 7.05 Å². The summed E-state index contributed by atoms with van der Waals surface area (Å²) >= 11 is 5.90. The minimum absolute atomic E-state index is 0.0430. The van der Waals surface area contributed by atoms with Crippen molar-refractivity contribution < 1.29 is 4.39 Å². The van der Waals surface area contributed by atoms with Crippen LogP contribution >= 0.6 is 11.6 Å². The first kappa shape index (κ1) is 16.0. The number of aromatic nitrogens is 2. The average Bonchev–Trinajstić information content (AvgIpc) is 2.88. The van der Waals surface area contributed by atoms with Crippen LogP contribution in [0.15, 0.2) is 30.5 Å². The molecule has 0 amide bonds. The van der Waals surface area contributed by atoms with Gasteiger partial charge in [0.25, 0.3) is 0 Å². The molecule has 0 radical (unpaired) electrons. The second-order valence-electron chi connectivity index (χ2n) is 5.13. The van der Waals surface area contributed by atoms with Gasteiger partial charge in [-0.15, -0.1) is 0 Å². The van der Waals surface area contributed by atoms with E-state index in [4.69, 9.17) is 11.6 Å². The monoisotopic (exact) mass is 309 g/mol. The second kappa shape index (κ2) is 7.57. The lowest BCUT2D eigenvalue weighted by molar-refractivity contribution is 0.468. The maximum atomic E-state index is 14.2. The van der Waals surface area contributed by atoms with Gasteiger partial charge in [0.2, 0.25) is 0 Å². The summed E-state index contributed by atoms with van der Waals surface area (Å²) in [6.07, 6.45) is 4.43. The summed E-state index contributed by atoms with van der Waals surface area (Å²) in [6.45, 7) is 2.95. The Bertz CT molecular complexity index is 583. The molecule has 1 atom stereocenters. The van der Waals surface area contributed by atoms with Gasteiger partial charge in [0, 0.05) is 30.5 Å². The largest absolute Gasteiger partial charge is 0.310 e. The van der Waals surface area contributed by atoms with E-state index in [9.17, 15) is 4.39 Å². The van der Waals surface area contributed by atoms with Crippen molar-refractivity contribution in [2.45, 2.75) is 32.2 Å². The number of nitrogens with zero attached hydrogens (tertiary/aromatic N) is 2. The van der Waals surface area contributed by atoms with Crippen LogP contribution in [0.4, 0.5) is 4.39 Å². The molecule has 0 aliphatic rings. The molecule has 21 heavy (non-hydrogen) atoms. The number of hydrogen-bond acceptors (Lipinski definition) is 2. The summed E-state index contributed by atoms with van der Waals surface area (Å²) in [4.78, 5) is 0. The number of hydrogen-bond donors (Lipinski definition) is 1. The van der Waals surface area contributed by atoms with Crippen molar-refractivity contribution >= 4 is 11.6 Å². The first-order valence-electron chi connectivity index (χ1n) is 7.27. The molecule has 1 heterocycles. The van der Waals surface area contributed by atoms with Crippen molar-refractivity contribution in [3.05, 3.63) is 52.6 Å². The van der Waals surface area contributed by atoms with Crippen molar-refractivity contribution in [1.82, 2.24) is 15.1 Å². The van der Waals surface area contributed by atoms with Crippen molar-refractivity contribution in [1.29, 1.82) is 0 Å². The molecule has 0 spiro atoms. The third-order valence-electron chi connectivity index (χ3n) is 3.61. The third-order valence-corrected chi connectivity index (χ3v) is 3.90. The zero-order valence-corrected chi connectivity index (χ0v) is 13.2. The van der Waals surface area contributed by atoms with Crippen LogP contribution in [0, 0.1) is 5.82 Å². The van der Waals surface area contributed by atoms with E-state index in [-0.39, 0.29) is 16.9 Å². The summed E-state index contributed by atoms with van der Waals surface area (Å²) in [7, 11) is 1.92. The normalized spacial score (nSPS) is 12.6. The molecule has 0 saturated heterocycles. The van der Waals surface area contributed by atoms with E-state index >= 15 is 0 Å². The average molecular weight is 310 g/mol. The molecule has 2 rings (SSSR count). The predicted molar refractivity (Wildman–Crippen MR) is 84.0 cm³/mol. The fraction of sp³-hybridized carbons (Fsp3) is 0.438. The van der Waals surface area contributed by atoms with Gasteiger partial charge in [-0.1, -0.05) is 30.7 Å². The van der Waals surface area contributed by atoms with Crippen LogP contribution in [0.25, 0.3) is 0 Å². The molecule has 0 bridgehead atoms. The van der Waals surface area contributed by atoms with E-state index in [1.54, 1.807) is 24.4 Å². The lowest BCUT2D eigenvalue weighted by Crippen LogP contribution is -2.24. The highest BCUT2D eigenvalue weighted by molar-refractivity contribution is 6.30. The lowest BCUT2D eigenvalue weighted by atomic mass is 10.00. The van der Waals surface area contributed by atoms with E-state index in [1.807, 2.05) is 17.8 Å². The minimum atomic E-state index is -0.322. The van der Waals surface area contributed by atoms with Crippen molar-refractivity contribution in [3.63, 3.8) is 0 Å². The summed E-state index contributed by atoms with van der Waals surface area (Å²) in [5.41, 5.74) is 1.78. The zero-order chi connectivity index (χ0) is 15.2. The molecule has 114 valence electrons. The van der Waals surface area contributed by atoms with E-state index in [0.29, 0.717) is 5.56 Å². The molecule has 0 fully saturated rings. The number of halogens is 2. The Labute approximate surface area is 130 Å². The van der Waals surface area contributed by atoms with E-state index in [0.717, 1.165) is 31.5 Å². The first-order valence-corrected chi connectivity index (χ1v) is 7.65. The van der Waals surface area contributed by atoms with Gasteiger partial charge in [0.15, 0.2) is 0 Å². The van der Waals surface area contributed by atoms with Gasteiger partial charge < -0.3 is 5.32 Å². The Hall–Kier alpha value is -1.39. The summed E-state index contributed by atoms with van der Waals surface area (Å²) in [5, 5.41) is 7.75. The molecule has 0 aliphatic heterocycles. The molecule has 0 aliphatic carbocycles. The molecular weight excluding hydrogens is 289 g/mol. The summed E-state index contributed by atoms with van der Waals surface area (Å²) in [6, 6.07) is 7.13. The molecule has 5 heteroatoms. The fourth-order valence-electron chi connectivity index (χ4n) is 2.41. The quantitative estimate of drug-likeness (QED) is 0.841. The van der Waals surface area contributed by atoms with E-state index < -0.39 is 0 Å². The molecule has 1 unspecified atom stereocenters.